The summed E-state index contributed by atoms with van der Waals surface area (Å²) in [6.07, 6.45) is 1.56. The fraction of sp³-hybridized carbons (Fsp3) is 0.125. The molecule has 1 saturated heterocycles. The highest BCUT2D eigenvalue weighted by Crippen LogP contribution is 2.33. The molecule has 26 heavy (non-hydrogen) atoms. The maximum absolute atomic E-state index is 12.4. The van der Waals surface area contributed by atoms with Crippen molar-refractivity contribution in [2.45, 2.75) is 0 Å². The average molecular weight is 474 g/mol. The first-order chi connectivity index (χ1) is 12.2. The third-order valence-corrected chi connectivity index (χ3v) is 6.08. The highest BCUT2D eigenvalue weighted by molar-refractivity contribution is 9.10. The summed E-state index contributed by atoms with van der Waals surface area (Å²) in [4.78, 5) is 13.9. The van der Waals surface area contributed by atoms with Gasteiger partial charge in [0, 0.05) is 22.7 Å². The molecule has 0 unspecified atom stereocenters. The summed E-state index contributed by atoms with van der Waals surface area (Å²) in [7, 11) is -4.17. The van der Waals surface area contributed by atoms with Gasteiger partial charge in [-0.05, 0) is 24.3 Å². The predicted molar refractivity (Wildman–Crippen MR) is 108 cm³/mol. The Morgan fingerprint density at radius 3 is 2.58 bits per heavy atom. The zero-order chi connectivity index (χ0) is 18.9. The first-order valence-electron chi connectivity index (χ1n) is 7.29. The van der Waals surface area contributed by atoms with Gasteiger partial charge in [-0.3, -0.25) is 14.2 Å². The summed E-state index contributed by atoms with van der Waals surface area (Å²) in [6, 6.07) is 11.1. The first kappa shape index (κ1) is 19.3. The van der Waals surface area contributed by atoms with Crippen LogP contribution < -0.4 is 0 Å². The molecule has 0 spiro atoms. The van der Waals surface area contributed by atoms with E-state index in [1.807, 2.05) is 24.3 Å². The first-order valence-corrected chi connectivity index (χ1v) is 10.9. The molecule has 1 aromatic carbocycles. The molecule has 1 aliphatic rings. The van der Waals surface area contributed by atoms with Gasteiger partial charge >= 0.3 is 0 Å². The Hall–Kier alpha value is -1.46. The number of nitrogens with zero attached hydrogens (tertiary/aromatic N) is 1. The standard InChI is InChI=1S/C16H12BrNO5S3/c17-11-3-1-10(2-4-11)13-6-5-12(23-13)9-14-15(19)18(16(24)25-14)7-8-26(20,21)22/h1-6,9H,7-8H2,(H,20,21,22)/b14-9-. The van der Waals surface area contributed by atoms with Crippen LogP contribution in [0.1, 0.15) is 5.76 Å². The number of rotatable bonds is 5. The van der Waals surface area contributed by atoms with Gasteiger partial charge in [-0.2, -0.15) is 8.42 Å². The number of thioether (sulfide) groups is 1. The van der Waals surface area contributed by atoms with Crippen LogP contribution in [0.15, 0.2) is 50.2 Å². The molecule has 2 heterocycles. The number of benzene rings is 1. The Bertz CT molecular complexity index is 995. The minimum absolute atomic E-state index is 0.191. The summed E-state index contributed by atoms with van der Waals surface area (Å²) in [5, 5.41) is 0. The van der Waals surface area contributed by atoms with Crippen LogP contribution in [0.4, 0.5) is 0 Å². The average Bonchev–Trinajstić information content (AvgIpc) is 3.12. The molecule has 10 heteroatoms. The van der Waals surface area contributed by atoms with Crippen LogP contribution in [0.5, 0.6) is 0 Å². The quantitative estimate of drug-likeness (QED) is 0.401. The zero-order valence-corrected chi connectivity index (χ0v) is 17.1. The lowest BCUT2D eigenvalue weighted by Crippen LogP contribution is -2.32. The summed E-state index contributed by atoms with van der Waals surface area (Å²) in [6.45, 7) is -0.191. The predicted octanol–water partition coefficient (Wildman–Crippen LogP) is 3.80. The van der Waals surface area contributed by atoms with E-state index in [2.05, 4.69) is 15.9 Å². The van der Waals surface area contributed by atoms with Gasteiger partial charge in [-0.25, -0.2) is 0 Å². The molecule has 6 nitrogen and oxygen atoms in total. The van der Waals surface area contributed by atoms with Gasteiger partial charge < -0.3 is 4.42 Å². The lowest BCUT2D eigenvalue weighted by Gasteiger charge is -2.12. The Morgan fingerprint density at radius 2 is 1.92 bits per heavy atom. The third-order valence-electron chi connectivity index (χ3n) is 3.48. The van der Waals surface area contributed by atoms with Crippen LogP contribution in [0.3, 0.4) is 0 Å². The van der Waals surface area contributed by atoms with Crippen molar-refractivity contribution in [2.75, 3.05) is 12.3 Å². The second-order valence-electron chi connectivity index (χ2n) is 5.33. The van der Waals surface area contributed by atoms with E-state index in [0.717, 1.165) is 26.7 Å². The zero-order valence-electron chi connectivity index (χ0n) is 13.1. The van der Waals surface area contributed by atoms with Gasteiger partial charge in [0.25, 0.3) is 16.0 Å². The largest absolute Gasteiger partial charge is 0.457 e. The molecule has 2 aromatic rings. The van der Waals surface area contributed by atoms with Gasteiger partial charge in [0.1, 0.15) is 15.8 Å². The van der Waals surface area contributed by atoms with E-state index in [-0.39, 0.29) is 10.9 Å². The molecule has 0 atom stereocenters. The molecule has 1 amide bonds. The summed E-state index contributed by atoms with van der Waals surface area (Å²) >= 11 is 9.54. The third kappa shape index (κ3) is 4.63. The smallest absolute Gasteiger partial charge is 0.266 e. The van der Waals surface area contributed by atoms with E-state index in [0.29, 0.717) is 16.4 Å². The number of hydrogen-bond donors (Lipinski definition) is 1. The maximum atomic E-state index is 12.4. The fourth-order valence-corrected chi connectivity index (χ4v) is 4.19. The fourth-order valence-electron chi connectivity index (χ4n) is 2.23. The maximum Gasteiger partial charge on any atom is 0.266 e. The van der Waals surface area contributed by atoms with Gasteiger partial charge in [0.15, 0.2) is 0 Å². The summed E-state index contributed by atoms with van der Waals surface area (Å²) in [5.41, 5.74) is 0.897. The Labute approximate surface area is 168 Å². The van der Waals surface area contributed by atoms with Crippen molar-refractivity contribution >= 4 is 66.3 Å². The molecular formula is C16H12BrNO5S3. The minimum Gasteiger partial charge on any atom is -0.457 e. The van der Waals surface area contributed by atoms with Crippen LogP contribution in [-0.2, 0) is 14.9 Å². The minimum atomic E-state index is -4.17. The van der Waals surface area contributed by atoms with Crippen molar-refractivity contribution in [3.63, 3.8) is 0 Å². The van der Waals surface area contributed by atoms with E-state index in [1.165, 1.54) is 0 Å². The highest BCUT2D eigenvalue weighted by atomic mass is 79.9. The van der Waals surface area contributed by atoms with Crippen molar-refractivity contribution in [3.8, 4) is 11.3 Å². The van der Waals surface area contributed by atoms with Gasteiger partial charge in [-0.15, -0.1) is 0 Å². The van der Waals surface area contributed by atoms with Crippen LogP contribution in [0.2, 0.25) is 0 Å². The Kier molecular flexibility index (Phi) is 5.68. The SMILES string of the molecule is O=C1/C(=C/c2ccc(-c3ccc(Br)cc3)o2)SC(=S)N1CCS(=O)(=O)O. The molecule has 0 radical (unpaired) electrons. The van der Waals surface area contributed by atoms with E-state index >= 15 is 0 Å². The van der Waals surface area contributed by atoms with Gasteiger partial charge in [0.2, 0.25) is 0 Å². The molecule has 0 aliphatic carbocycles. The van der Waals surface area contributed by atoms with Crippen molar-refractivity contribution in [1.29, 1.82) is 0 Å². The lowest BCUT2D eigenvalue weighted by atomic mass is 10.2. The number of thiocarbonyl (C=S) groups is 1. The van der Waals surface area contributed by atoms with Crippen LogP contribution in [0.25, 0.3) is 17.4 Å². The second kappa shape index (κ2) is 7.65. The highest BCUT2D eigenvalue weighted by Gasteiger charge is 2.32. The molecule has 136 valence electrons. The van der Waals surface area contributed by atoms with E-state index in [4.69, 9.17) is 21.2 Å². The normalized spacial score (nSPS) is 16.7. The Balaban J connectivity index is 1.77. The number of carbonyl (C=O) groups excluding carboxylic acids is 1. The van der Waals surface area contributed by atoms with Crippen LogP contribution in [0, 0.1) is 0 Å². The van der Waals surface area contributed by atoms with E-state index < -0.39 is 21.8 Å². The van der Waals surface area contributed by atoms with Gasteiger partial charge in [-0.1, -0.05) is 52.0 Å². The Morgan fingerprint density at radius 1 is 1.23 bits per heavy atom. The van der Waals surface area contributed by atoms with Crippen molar-refractivity contribution in [3.05, 3.63) is 51.5 Å². The van der Waals surface area contributed by atoms with E-state index in [9.17, 15) is 13.2 Å². The molecule has 1 aliphatic heterocycles. The van der Waals surface area contributed by atoms with Crippen molar-refractivity contribution in [1.82, 2.24) is 4.90 Å². The lowest BCUT2D eigenvalue weighted by molar-refractivity contribution is -0.121. The molecule has 1 N–H and O–H groups in total. The molecule has 1 aromatic heterocycles. The van der Waals surface area contributed by atoms with Crippen molar-refractivity contribution in [2.24, 2.45) is 0 Å². The number of carbonyl (C=O) groups is 1. The summed E-state index contributed by atoms with van der Waals surface area (Å²) < 4.78 is 37.5. The molecule has 0 bridgehead atoms. The molecule has 0 saturated carbocycles. The molecular weight excluding hydrogens is 462 g/mol. The van der Waals surface area contributed by atoms with Crippen LogP contribution in [-0.4, -0.2) is 40.4 Å². The van der Waals surface area contributed by atoms with E-state index in [1.54, 1.807) is 18.2 Å². The monoisotopic (exact) mass is 473 g/mol. The summed E-state index contributed by atoms with van der Waals surface area (Å²) in [5.74, 6) is 0.162. The topological polar surface area (TPSA) is 87.8 Å². The van der Waals surface area contributed by atoms with Crippen molar-refractivity contribution < 1.29 is 22.2 Å². The number of amides is 1. The second-order valence-corrected chi connectivity index (χ2v) is 9.49. The van der Waals surface area contributed by atoms with Gasteiger partial charge in [0.05, 0.1) is 10.7 Å². The molecule has 3 rings (SSSR count). The van der Waals surface area contributed by atoms with Crippen LogP contribution >= 0.6 is 39.9 Å². The molecule has 1 fully saturated rings. The number of halogens is 1. The number of hydrogen-bond acceptors (Lipinski definition) is 6. The number of furan rings is 1.